The monoisotopic (exact) mass is 283 g/mol. The standard InChI is InChI=1S/C15H13N3OS/c1-10-14(9-20-17-10)15(19)18(13-6-7-13)12-4-2-11(8-16)3-5-12/h2-5,9,13H,6-7H2,1H3. The number of hydrogen-bond acceptors (Lipinski definition) is 4. The first-order chi connectivity index (χ1) is 9.70. The molecule has 1 aliphatic rings. The Bertz CT molecular complexity index is 680. The molecule has 1 aromatic heterocycles. The lowest BCUT2D eigenvalue weighted by Crippen LogP contribution is -2.33. The Morgan fingerprint density at radius 2 is 2.10 bits per heavy atom. The molecule has 0 bridgehead atoms. The molecular weight excluding hydrogens is 270 g/mol. The average molecular weight is 283 g/mol. The zero-order valence-electron chi connectivity index (χ0n) is 11.0. The minimum atomic E-state index is 0.00320. The lowest BCUT2D eigenvalue weighted by Gasteiger charge is -2.22. The van der Waals surface area contributed by atoms with E-state index < -0.39 is 0 Å². The summed E-state index contributed by atoms with van der Waals surface area (Å²) < 4.78 is 4.17. The molecule has 0 spiro atoms. The van der Waals surface area contributed by atoms with Gasteiger partial charge in [0, 0.05) is 17.1 Å². The fourth-order valence-corrected chi connectivity index (χ4v) is 2.84. The molecule has 4 nitrogen and oxygen atoms in total. The van der Waals surface area contributed by atoms with Gasteiger partial charge in [-0.2, -0.15) is 9.64 Å². The van der Waals surface area contributed by atoms with Gasteiger partial charge < -0.3 is 4.90 Å². The van der Waals surface area contributed by atoms with Crippen molar-refractivity contribution in [2.45, 2.75) is 25.8 Å². The van der Waals surface area contributed by atoms with Crippen molar-refractivity contribution in [2.75, 3.05) is 4.90 Å². The number of anilines is 1. The van der Waals surface area contributed by atoms with Gasteiger partial charge in [-0.05, 0) is 55.6 Å². The molecule has 0 saturated heterocycles. The van der Waals surface area contributed by atoms with E-state index in [0.29, 0.717) is 11.1 Å². The van der Waals surface area contributed by atoms with Crippen LogP contribution in [0.2, 0.25) is 0 Å². The van der Waals surface area contributed by atoms with Crippen LogP contribution in [0.3, 0.4) is 0 Å². The first-order valence-corrected chi connectivity index (χ1v) is 7.29. The Balaban J connectivity index is 1.95. The summed E-state index contributed by atoms with van der Waals surface area (Å²) in [6.45, 7) is 1.85. The van der Waals surface area contributed by atoms with E-state index >= 15 is 0 Å². The van der Waals surface area contributed by atoms with Crippen molar-refractivity contribution >= 4 is 23.1 Å². The molecule has 20 heavy (non-hydrogen) atoms. The summed E-state index contributed by atoms with van der Waals surface area (Å²) in [5.74, 6) is 0.00320. The van der Waals surface area contributed by atoms with Crippen LogP contribution in [0.25, 0.3) is 0 Å². The van der Waals surface area contributed by atoms with Crippen LogP contribution >= 0.6 is 11.5 Å². The lowest BCUT2D eigenvalue weighted by molar-refractivity contribution is 0.0985. The molecule has 1 heterocycles. The number of nitriles is 1. The molecule has 100 valence electrons. The van der Waals surface area contributed by atoms with Crippen molar-refractivity contribution in [3.8, 4) is 6.07 Å². The Morgan fingerprint density at radius 1 is 1.40 bits per heavy atom. The van der Waals surface area contributed by atoms with Gasteiger partial charge in [0.1, 0.15) is 0 Å². The van der Waals surface area contributed by atoms with Gasteiger partial charge >= 0.3 is 0 Å². The van der Waals surface area contributed by atoms with Gasteiger partial charge in [0.05, 0.1) is 22.9 Å². The van der Waals surface area contributed by atoms with Crippen LogP contribution in [0.15, 0.2) is 29.6 Å². The van der Waals surface area contributed by atoms with E-state index in [2.05, 4.69) is 10.4 Å². The summed E-state index contributed by atoms with van der Waals surface area (Å²) in [4.78, 5) is 14.5. The summed E-state index contributed by atoms with van der Waals surface area (Å²) in [7, 11) is 0. The van der Waals surface area contributed by atoms with Crippen molar-refractivity contribution in [3.63, 3.8) is 0 Å². The quantitative estimate of drug-likeness (QED) is 0.869. The van der Waals surface area contributed by atoms with Gasteiger partial charge in [0.15, 0.2) is 0 Å². The largest absolute Gasteiger partial charge is 0.305 e. The van der Waals surface area contributed by atoms with Crippen molar-refractivity contribution in [2.24, 2.45) is 0 Å². The van der Waals surface area contributed by atoms with Crippen LogP contribution in [-0.2, 0) is 0 Å². The number of nitrogens with zero attached hydrogens (tertiary/aromatic N) is 3. The van der Waals surface area contributed by atoms with E-state index in [1.165, 1.54) is 11.5 Å². The number of aromatic nitrogens is 1. The van der Waals surface area contributed by atoms with Crippen LogP contribution in [-0.4, -0.2) is 16.3 Å². The minimum absolute atomic E-state index is 0.00320. The van der Waals surface area contributed by atoms with Gasteiger partial charge in [-0.3, -0.25) is 4.79 Å². The zero-order valence-corrected chi connectivity index (χ0v) is 11.9. The number of carbonyl (C=O) groups is 1. The fraction of sp³-hybridized carbons (Fsp3) is 0.267. The molecule has 0 N–H and O–H groups in total. The number of rotatable bonds is 3. The van der Waals surface area contributed by atoms with Gasteiger partial charge in [-0.1, -0.05) is 0 Å². The van der Waals surface area contributed by atoms with Gasteiger partial charge in [0.2, 0.25) is 0 Å². The number of benzene rings is 1. The lowest BCUT2D eigenvalue weighted by atomic mass is 10.1. The fourth-order valence-electron chi connectivity index (χ4n) is 2.15. The van der Waals surface area contributed by atoms with Crippen molar-refractivity contribution in [1.82, 2.24) is 4.37 Å². The Morgan fingerprint density at radius 3 is 2.60 bits per heavy atom. The molecule has 1 saturated carbocycles. The molecule has 0 aliphatic heterocycles. The molecular formula is C15H13N3OS. The first-order valence-electron chi connectivity index (χ1n) is 6.45. The smallest absolute Gasteiger partial charge is 0.261 e. The van der Waals surface area contributed by atoms with Crippen LogP contribution in [0.4, 0.5) is 5.69 Å². The number of amides is 1. The molecule has 1 aliphatic carbocycles. The van der Waals surface area contributed by atoms with Crippen molar-refractivity contribution in [3.05, 3.63) is 46.5 Å². The molecule has 1 aromatic carbocycles. The third kappa shape index (κ3) is 2.30. The summed E-state index contributed by atoms with van der Waals surface area (Å²) in [6.07, 6.45) is 2.06. The van der Waals surface area contributed by atoms with Crippen molar-refractivity contribution < 1.29 is 4.79 Å². The third-order valence-corrected chi connectivity index (χ3v) is 4.11. The molecule has 1 amide bonds. The first kappa shape index (κ1) is 12.8. The second kappa shape index (κ2) is 5.06. The Labute approximate surface area is 121 Å². The van der Waals surface area contributed by atoms with Crippen LogP contribution in [0.1, 0.15) is 34.5 Å². The van der Waals surface area contributed by atoms with E-state index in [4.69, 9.17) is 5.26 Å². The SMILES string of the molecule is Cc1nscc1C(=O)N(c1ccc(C#N)cc1)C1CC1. The minimum Gasteiger partial charge on any atom is -0.305 e. The molecule has 2 aromatic rings. The molecule has 3 rings (SSSR count). The number of carbonyl (C=O) groups excluding carboxylic acids is 1. The predicted octanol–water partition coefficient (Wildman–Crippen LogP) is 3.13. The maximum absolute atomic E-state index is 12.7. The highest BCUT2D eigenvalue weighted by Gasteiger charge is 2.35. The Kier molecular flexibility index (Phi) is 3.25. The highest BCUT2D eigenvalue weighted by Crippen LogP contribution is 2.33. The predicted molar refractivity (Wildman–Crippen MR) is 77.8 cm³/mol. The summed E-state index contributed by atoms with van der Waals surface area (Å²) in [6, 6.07) is 9.53. The topological polar surface area (TPSA) is 57.0 Å². The number of aryl methyl sites for hydroxylation is 1. The molecule has 5 heteroatoms. The van der Waals surface area contributed by atoms with E-state index in [9.17, 15) is 4.79 Å². The van der Waals surface area contributed by atoms with Gasteiger partial charge in [-0.25, -0.2) is 0 Å². The molecule has 0 unspecified atom stereocenters. The summed E-state index contributed by atoms with van der Waals surface area (Å²) in [5, 5.41) is 10.6. The maximum Gasteiger partial charge on any atom is 0.261 e. The Hall–Kier alpha value is -2.19. The summed E-state index contributed by atoms with van der Waals surface area (Å²) >= 11 is 1.30. The highest BCUT2D eigenvalue weighted by atomic mass is 32.1. The third-order valence-electron chi connectivity index (χ3n) is 3.39. The van der Waals surface area contributed by atoms with E-state index in [1.807, 2.05) is 24.0 Å². The zero-order chi connectivity index (χ0) is 14.1. The number of hydrogen-bond donors (Lipinski definition) is 0. The van der Waals surface area contributed by atoms with Crippen molar-refractivity contribution in [1.29, 1.82) is 5.26 Å². The van der Waals surface area contributed by atoms with Crippen LogP contribution in [0, 0.1) is 18.3 Å². The molecule has 0 radical (unpaired) electrons. The average Bonchev–Trinajstić information content (AvgIpc) is 3.20. The van der Waals surface area contributed by atoms with Crippen LogP contribution < -0.4 is 4.90 Å². The van der Waals surface area contributed by atoms with E-state index in [1.54, 1.807) is 17.5 Å². The van der Waals surface area contributed by atoms with E-state index in [0.717, 1.165) is 24.2 Å². The van der Waals surface area contributed by atoms with Gasteiger partial charge in [-0.15, -0.1) is 0 Å². The molecule has 0 atom stereocenters. The highest BCUT2D eigenvalue weighted by molar-refractivity contribution is 7.04. The van der Waals surface area contributed by atoms with Crippen LogP contribution in [0.5, 0.6) is 0 Å². The second-order valence-corrected chi connectivity index (χ2v) is 5.51. The maximum atomic E-state index is 12.7. The van der Waals surface area contributed by atoms with Gasteiger partial charge in [0.25, 0.3) is 5.91 Å². The summed E-state index contributed by atoms with van der Waals surface area (Å²) in [5.41, 5.74) is 2.90. The molecule has 1 fully saturated rings. The normalized spacial score (nSPS) is 13.8. The second-order valence-electron chi connectivity index (χ2n) is 4.88. The van der Waals surface area contributed by atoms with E-state index in [-0.39, 0.29) is 11.9 Å².